The smallest absolute Gasteiger partial charge is 0.117 e. The molecule has 5 heteroatoms. The molecule has 0 aliphatic heterocycles. The van der Waals surface area contributed by atoms with Crippen LogP contribution in [0.1, 0.15) is 12.6 Å². The molecule has 0 saturated heterocycles. The van der Waals surface area contributed by atoms with E-state index < -0.39 is 0 Å². The third-order valence-corrected chi connectivity index (χ3v) is 2.89. The third kappa shape index (κ3) is 1.44. The summed E-state index contributed by atoms with van der Waals surface area (Å²) in [6.45, 7) is 2.71. The average Bonchev–Trinajstić information content (AvgIpc) is 2.85. The van der Waals surface area contributed by atoms with E-state index in [0.717, 1.165) is 17.1 Å². The molecule has 2 heterocycles. The molecule has 0 aromatic carbocycles. The Bertz CT molecular complexity index is 386. The van der Waals surface area contributed by atoms with Crippen molar-refractivity contribution in [3.05, 3.63) is 23.2 Å². The number of rotatable bonds is 3. The van der Waals surface area contributed by atoms with Crippen molar-refractivity contribution < 1.29 is 5.11 Å². The summed E-state index contributed by atoms with van der Waals surface area (Å²) in [5, 5.41) is 19.0. The van der Waals surface area contributed by atoms with Gasteiger partial charge >= 0.3 is 0 Å². The highest BCUT2D eigenvalue weighted by molar-refractivity contribution is 7.13. The molecule has 0 atom stereocenters. The van der Waals surface area contributed by atoms with E-state index in [1.54, 1.807) is 16.0 Å². The molecular weight excluding hydrogens is 198 g/mol. The third-order valence-electron chi connectivity index (χ3n) is 2.01. The normalized spacial score (nSPS) is 10.7. The van der Waals surface area contributed by atoms with Crippen molar-refractivity contribution in [3.63, 3.8) is 0 Å². The van der Waals surface area contributed by atoms with Crippen LogP contribution >= 0.6 is 11.3 Å². The van der Waals surface area contributed by atoms with Gasteiger partial charge in [0.15, 0.2) is 0 Å². The summed E-state index contributed by atoms with van der Waals surface area (Å²) in [7, 11) is 0. The van der Waals surface area contributed by atoms with Crippen LogP contribution in [0.15, 0.2) is 17.5 Å². The first-order chi connectivity index (χ1) is 6.86. The second-order valence-corrected chi connectivity index (χ2v) is 3.78. The van der Waals surface area contributed by atoms with Crippen molar-refractivity contribution in [1.82, 2.24) is 15.0 Å². The molecule has 0 radical (unpaired) electrons. The molecule has 2 rings (SSSR count). The largest absolute Gasteiger partial charge is 0.390 e. The molecule has 2 aromatic heterocycles. The lowest BCUT2D eigenvalue weighted by Crippen LogP contribution is -1.99. The number of hydrogen-bond donors (Lipinski definition) is 1. The van der Waals surface area contributed by atoms with Crippen LogP contribution in [0.5, 0.6) is 0 Å². The number of hydrogen-bond acceptors (Lipinski definition) is 4. The Morgan fingerprint density at radius 2 is 2.43 bits per heavy atom. The highest BCUT2D eigenvalue weighted by Gasteiger charge is 2.13. The minimum atomic E-state index is -0.0623. The zero-order chi connectivity index (χ0) is 9.97. The average molecular weight is 209 g/mol. The molecule has 0 bridgehead atoms. The Morgan fingerprint density at radius 3 is 3.00 bits per heavy atom. The van der Waals surface area contributed by atoms with Gasteiger partial charge in [0, 0.05) is 6.54 Å². The molecule has 0 saturated carbocycles. The van der Waals surface area contributed by atoms with Crippen molar-refractivity contribution in [2.24, 2.45) is 0 Å². The van der Waals surface area contributed by atoms with E-state index in [0.29, 0.717) is 5.69 Å². The standard InChI is InChI=1S/C9H11N3OS/c1-2-12-9(7(6-13)10-11-12)8-4-3-5-14-8/h3-5,13H,2,6H2,1H3. The van der Waals surface area contributed by atoms with E-state index in [1.807, 2.05) is 24.4 Å². The molecule has 0 amide bonds. The van der Waals surface area contributed by atoms with Gasteiger partial charge in [-0.25, -0.2) is 4.68 Å². The van der Waals surface area contributed by atoms with Crippen molar-refractivity contribution in [2.75, 3.05) is 0 Å². The quantitative estimate of drug-likeness (QED) is 0.833. The summed E-state index contributed by atoms with van der Waals surface area (Å²) in [4.78, 5) is 1.10. The van der Waals surface area contributed by atoms with Gasteiger partial charge in [-0.15, -0.1) is 16.4 Å². The number of aliphatic hydroxyl groups excluding tert-OH is 1. The number of thiophene rings is 1. The SMILES string of the molecule is CCn1nnc(CO)c1-c1cccs1. The Morgan fingerprint density at radius 1 is 1.57 bits per heavy atom. The number of aliphatic hydroxyl groups is 1. The number of aromatic nitrogens is 3. The molecule has 2 aromatic rings. The lowest BCUT2D eigenvalue weighted by Gasteiger charge is -2.01. The van der Waals surface area contributed by atoms with Gasteiger partial charge in [-0.3, -0.25) is 0 Å². The van der Waals surface area contributed by atoms with Gasteiger partial charge in [-0.1, -0.05) is 11.3 Å². The van der Waals surface area contributed by atoms with Crippen LogP contribution in [0, 0.1) is 0 Å². The maximum Gasteiger partial charge on any atom is 0.117 e. The van der Waals surface area contributed by atoms with Crippen molar-refractivity contribution in [3.8, 4) is 10.6 Å². The molecule has 0 spiro atoms. The zero-order valence-corrected chi connectivity index (χ0v) is 8.66. The first-order valence-electron chi connectivity index (χ1n) is 4.44. The van der Waals surface area contributed by atoms with E-state index in [9.17, 15) is 0 Å². The van der Waals surface area contributed by atoms with Gasteiger partial charge in [0.25, 0.3) is 0 Å². The Kier molecular flexibility index (Phi) is 2.60. The highest BCUT2D eigenvalue weighted by atomic mass is 32.1. The first kappa shape index (κ1) is 9.36. The summed E-state index contributed by atoms with van der Waals surface area (Å²) >= 11 is 1.63. The molecule has 1 N–H and O–H groups in total. The fraction of sp³-hybridized carbons (Fsp3) is 0.333. The second-order valence-electron chi connectivity index (χ2n) is 2.84. The van der Waals surface area contributed by atoms with E-state index >= 15 is 0 Å². The molecule has 0 fully saturated rings. The van der Waals surface area contributed by atoms with Crippen molar-refractivity contribution in [1.29, 1.82) is 0 Å². The predicted molar refractivity (Wildman–Crippen MR) is 54.9 cm³/mol. The lowest BCUT2D eigenvalue weighted by molar-refractivity contribution is 0.277. The van der Waals surface area contributed by atoms with E-state index in [4.69, 9.17) is 5.11 Å². The molecule has 0 aliphatic carbocycles. The summed E-state index contributed by atoms with van der Waals surface area (Å²) in [6.07, 6.45) is 0. The first-order valence-corrected chi connectivity index (χ1v) is 5.32. The molecule has 14 heavy (non-hydrogen) atoms. The molecule has 4 nitrogen and oxygen atoms in total. The van der Waals surface area contributed by atoms with E-state index in [1.165, 1.54) is 0 Å². The fourth-order valence-electron chi connectivity index (χ4n) is 1.36. The minimum absolute atomic E-state index is 0.0623. The monoisotopic (exact) mass is 209 g/mol. The predicted octanol–water partition coefficient (Wildman–Crippen LogP) is 1.52. The van der Waals surface area contributed by atoms with Gasteiger partial charge < -0.3 is 5.11 Å². The van der Waals surface area contributed by atoms with Gasteiger partial charge in [0.05, 0.1) is 11.5 Å². The maximum absolute atomic E-state index is 9.11. The minimum Gasteiger partial charge on any atom is -0.390 e. The van der Waals surface area contributed by atoms with Crippen LogP contribution in [0.2, 0.25) is 0 Å². The fourth-order valence-corrected chi connectivity index (χ4v) is 2.16. The van der Waals surface area contributed by atoms with Gasteiger partial charge in [0.2, 0.25) is 0 Å². The van der Waals surface area contributed by atoms with Crippen LogP contribution in [0.3, 0.4) is 0 Å². The van der Waals surface area contributed by atoms with Crippen molar-refractivity contribution in [2.45, 2.75) is 20.1 Å². The van der Waals surface area contributed by atoms with Crippen LogP contribution in [0.25, 0.3) is 10.6 Å². The van der Waals surface area contributed by atoms with Crippen LogP contribution in [0.4, 0.5) is 0 Å². The highest BCUT2D eigenvalue weighted by Crippen LogP contribution is 2.26. The Labute approximate surface area is 85.8 Å². The van der Waals surface area contributed by atoms with Gasteiger partial charge in [0.1, 0.15) is 11.4 Å². The van der Waals surface area contributed by atoms with Crippen LogP contribution in [-0.4, -0.2) is 20.1 Å². The van der Waals surface area contributed by atoms with E-state index in [2.05, 4.69) is 10.3 Å². The second kappa shape index (κ2) is 3.89. The maximum atomic E-state index is 9.11. The molecule has 0 unspecified atom stereocenters. The van der Waals surface area contributed by atoms with Crippen LogP contribution in [-0.2, 0) is 13.2 Å². The Balaban J connectivity index is 2.54. The van der Waals surface area contributed by atoms with Crippen molar-refractivity contribution >= 4 is 11.3 Å². The summed E-state index contributed by atoms with van der Waals surface area (Å²) < 4.78 is 1.80. The zero-order valence-electron chi connectivity index (χ0n) is 7.84. The number of nitrogens with zero attached hydrogens (tertiary/aromatic N) is 3. The summed E-state index contributed by atoms with van der Waals surface area (Å²) in [5.41, 5.74) is 1.58. The van der Waals surface area contributed by atoms with Gasteiger partial charge in [-0.2, -0.15) is 0 Å². The van der Waals surface area contributed by atoms with E-state index in [-0.39, 0.29) is 6.61 Å². The topological polar surface area (TPSA) is 50.9 Å². The molecular formula is C9H11N3OS. The lowest BCUT2D eigenvalue weighted by atomic mass is 10.3. The summed E-state index contributed by atoms with van der Waals surface area (Å²) in [6, 6.07) is 3.99. The molecule has 74 valence electrons. The Hall–Kier alpha value is -1.20. The number of aryl methyl sites for hydroxylation is 1. The van der Waals surface area contributed by atoms with Crippen LogP contribution < -0.4 is 0 Å². The summed E-state index contributed by atoms with van der Waals surface area (Å²) in [5.74, 6) is 0. The van der Waals surface area contributed by atoms with Gasteiger partial charge in [-0.05, 0) is 18.4 Å². The molecule has 0 aliphatic rings.